The van der Waals surface area contributed by atoms with Crippen LogP contribution in [0.25, 0.3) is 0 Å². The fraction of sp³-hybridized carbons (Fsp3) is 0.375. The van der Waals surface area contributed by atoms with E-state index in [0.717, 1.165) is 17.0 Å². The van der Waals surface area contributed by atoms with Gasteiger partial charge >= 0.3 is 11.9 Å². The van der Waals surface area contributed by atoms with Crippen molar-refractivity contribution in [3.05, 3.63) is 17.0 Å². The Kier molecular flexibility index (Phi) is 5.03. The van der Waals surface area contributed by atoms with E-state index in [9.17, 15) is 0 Å². The van der Waals surface area contributed by atoms with Gasteiger partial charge in [-0.2, -0.15) is 5.10 Å². The lowest BCUT2D eigenvalue weighted by molar-refractivity contribution is -0.159. The molecule has 0 saturated heterocycles. The Morgan fingerprint density at radius 3 is 1.93 bits per heavy atom. The van der Waals surface area contributed by atoms with Crippen LogP contribution in [0, 0.1) is 13.8 Å². The molecular formula is C8H13N3O4. The number of aromatic nitrogens is 2. The van der Waals surface area contributed by atoms with Crippen LogP contribution in [-0.2, 0) is 16.1 Å². The molecule has 0 spiro atoms. The quantitative estimate of drug-likeness (QED) is 0.473. The zero-order chi connectivity index (χ0) is 12.0. The normalized spacial score (nSPS) is 9.00. The summed E-state index contributed by atoms with van der Waals surface area (Å²) in [5, 5.41) is 21.6. The van der Waals surface area contributed by atoms with Gasteiger partial charge in [-0.05, 0) is 13.8 Å². The van der Waals surface area contributed by atoms with Gasteiger partial charge < -0.3 is 15.9 Å². The second-order valence-electron chi connectivity index (χ2n) is 2.73. The number of hydrogen-bond acceptors (Lipinski definition) is 4. The van der Waals surface area contributed by atoms with E-state index in [-0.39, 0.29) is 0 Å². The zero-order valence-electron chi connectivity index (χ0n) is 8.44. The minimum Gasteiger partial charge on any atom is -0.473 e. The summed E-state index contributed by atoms with van der Waals surface area (Å²) in [6, 6.07) is 0. The fourth-order valence-corrected chi connectivity index (χ4v) is 0.875. The molecule has 0 bridgehead atoms. The number of carboxylic acid groups (broad SMARTS) is 2. The maximum absolute atomic E-state index is 9.10. The van der Waals surface area contributed by atoms with E-state index in [0.29, 0.717) is 6.54 Å². The number of aliphatic carboxylic acids is 2. The lowest BCUT2D eigenvalue weighted by Crippen LogP contribution is -2.09. The molecule has 1 rings (SSSR count). The summed E-state index contributed by atoms with van der Waals surface area (Å²) in [5.74, 6) is -3.65. The van der Waals surface area contributed by atoms with Gasteiger partial charge in [0, 0.05) is 17.8 Å². The summed E-state index contributed by atoms with van der Waals surface area (Å²) in [6.45, 7) is 4.50. The van der Waals surface area contributed by atoms with Crippen LogP contribution >= 0.6 is 0 Å². The molecule has 0 aliphatic rings. The topological polar surface area (TPSA) is 129 Å². The Hall–Kier alpha value is -1.89. The molecule has 15 heavy (non-hydrogen) atoms. The number of hydrogen-bond donors (Lipinski definition) is 4. The Morgan fingerprint density at radius 1 is 1.33 bits per heavy atom. The van der Waals surface area contributed by atoms with Gasteiger partial charge in [0.25, 0.3) is 0 Å². The van der Waals surface area contributed by atoms with Crippen LogP contribution < -0.4 is 5.73 Å². The molecule has 1 aromatic heterocycles. The van der Waals surface area contributed by atoms with Crippen LogP contribution in [0.2, 0.25) is 0 Å². The highest BCUT2D eigenvalue weighted by Gasteiger charge is 2.04. The maximum Gasteiger partial charge on any atom is 0.414 e. The first-order valence-electron chi connectivity index (χ1n) is 4.06. The number of carboxylic acids is 2. The summed E-state index contributed by atoms with van der Waals surface area (Å²) >= 11 is 0. The molecule has 0 amide bonds. The molecule has 7 heteroatoms. The number of aromatic amines is 1. The first-order chi connectivity index (χ1) is 6.90. The summed E-state index contributed by atoms with van der Waals surface area (Å²) in [7, 11) is 0. The average molecular weight is 215 g/mol. The van der Waals surface area contributed by atoms with Crippen LogP contribution in [0.5, 0.6) is 0 Å². The summed E-state index contributed by atoms with van der Waals surface area (Å²) in [5.41, 5.74) is 8.66. The predicted octanol–water partition coefficient (Wildman–Crippen LogP) is -0.359. The van der Waals surface area contributed by atoms with Gasteiger partial charge in [-0.3, -0.25) is 5.10 Å². The van der Waals surface area contributed by atoms with Crippen molar-refractivity contribution in [3.63, 3.8) is 0 Å². The van der Waals surface area contributed by atoms with Crippen LogP contribution in [0.4, 0.5) is 0 Å². The molecule has 7 nitrogen and oxygen atoms in total. The van der Waals surface area contributed by atoms with Crippen LogP contribution in [0.1, 0.15) is 17.0 Å². The molecule has 1 aromatic rings. The second kappa shape index (κ2) is 5.76. The van der Waals surface area contributed by atoms with E-state index in [1.54, 1.807) is 0 Å². The van der Waals surface area contributed by atoms with Crippen LogP contribution in [-0.4, -0.2) is 32.3 Å². The van der Waals surface area contributed by atoms with E-state index in [1.807, 2.05) is 13.8 Å². The standard InChI is InChI=1S/C6H11N3.C2H2O4/c1-4-6(3-7)5(2)9-8-4;3-1(4)2(5)6/h3,7H2,1-2H3,(H,8,9);(H,3,4)(H,5,6). The zero-order valence-corrected chi connectivity index (χ0v) is 8.44. The van der Waals surface area contributed by atoms with Crippen molar-refractivity contribution in [2.45, 2.75) is 20.4 Å². The van der Waals surface area contributed by atoms with E-state index < -0.39 is 11.9 Å². The number of rotatable bonds is 1. The van der Waals surface area contributed by atoms with Crippen molar-refractivity contribution in [1.82, 2.24) is 10.2 Å². The molecule has 84 valence electrons. The molecule has 0 aromatic carbocycles. The van der Waals surface area contributed by atoms with Gasteiger partial charge in [0.15, 0.2) is 0 Å². The third-order valence-corrected chi connectivity index (χ3v) is 1.67. The van der Waals surface area contributed by atoms with Crippen LogP contribution in [0.15, 0.2) is 0 Å². The predicted molar refractivity (Wildman–Crippen MR) is 51.2 cm³/mol. The largest absolute Gasteiger partial charge is 0.473 e. The number of nitrogens with zero attached hydrogens (tertiary/aromatic N) is 1. The van der Waals surface area contributed by atoms with E-state index >= 15 is 0 Å². The number of nitrogens with two attached hydrogens (primary N) is 1. The van der Waals surface area contributed by atoms with Crippen molar-refractivity contribution in [2.24, 2.45) is 5.73 Å². The summed E-state index contributed by atoms with van der Waals surface area (Å²) in [4.78, 5) is 18.2. The monoisotopic (exact) mass is 215 g/mol. The lowest BCUT2D eigenvalue weighted by atomic mass is 10.2. The smallest absolute Gasteiger partial charge is 0.414 e. The average Bonchev–Trinajstić information content (AvgIpc) is 2.46. The lowest BCUT2D eigenvalue weighted by Gasteiger charge is -1.91. The molecule has 0 unspecified atom stereocenters. The van der Waals surface area contributed by atoms with E-state index in [2.05, 4.69) is 10.2 Å². The van der Waals surface area contributed by atoms with Crippen molar-refractivity contribution in [3.8, 4) is 0 Å². The number of carbonyl (C=O) groups is 2. The Bertz CT molecular complexity index is 327. The third-order valence-electron chi connectivity index (χ3n) is 1.67. The maximum atomic E-state index is 9.10. The van der Waals surface area contributed by atoms with Gasteiger partial charge in [0.1, 0.15) is 0 Å². The van der Waals surface area contributed by atoms with Crippen molar-refractivity contribution in [1.29, 1.82) is 0 Å². The van der Waals surface area contributed by atoms with Crippen molar-refractivity contribution < 1.29 is 19.8 Å². The molecule has 0 atom stereocenters. The highest BCUT2D eigenvalue weighted by molar-refractivity contribution is 6.27. The van der Waals surface area contributed by atoms with Gasteiger partial charge in [-0.15, -0.1) is 0 Å². The molecule has 0 fully saturated rings. The van der Waals surface area contributed by atoms with E-state index in [4.69, 9.17) is 25.5 Å². The second-order valence-corrected chi connectivity index (χ2v) is 2.73. The Balaban J connectivity index is 0.000000288. The van der Waals surface area contributed by atoms with Crippen LogP contribution in [0.3, 0.4) is 0 Å². The van der Waals surface area contributed by atoms with E-state index in [1.165, 1.54) is 0 Å². The molecular weight excluding hydrogens is 202 g/mol. The molecule has 1 heterocycles. The molecule has 0 saturated carbocycles. The van der Waals surface area contributed by atoms with Crippen molar-refractivity contribution in [2.75, 3.05) is 0 Å². The Morgan fingerprint density at radius 2 is 1.80 bits per heavy atom. The summed E-state index contributed by atoms with van der Waals surface area (Å²) in [6.07, 6.45) is 0. The minimum atomic E-state index is -1.82. The highest BCUT2D eigenvalue weighted by Crippen LogP contribution is 2.06. The fourth-order valence-electron chi connectivity index (χ4n) is 0.875. The van der Waals surface area contributed by atoms with Gasteiger partial charge in [0.2, 0.25) is 0 Å². The van der Waals surface area contributed by atoms with Crippen molar-refractivity contribution >= 4 is 11.9 Å². The highest BCUT2D eigenvalue weighted by atomic mass is 16.4. The van der Waals surface area contributed by atoms with Gasteiger partial charge in [-0.25, -0.2) is 9.59 Å². The Labute approximate surface area is 85.9 Å². The first-order valence-corrected chi connectivity index (χ1v) is 4.06. The molecule has 0 aliphatic carbocycles. The third kappa shape index (κ3) is 4.23. The summed E-state index contributed by atoms with van der Waals surface area (Å²) < 4.78 is 0. The number of aryl methyl sites for hydroxylation is 2. The number of nitrogens with one attached hydrogen (secondary N) is 1. The molecule has 5 N–H and O–H groups in total. The molecule has 0 radical (unpaired) electrons. The minimum absolute atomic E-state index is 0.578. The number of H-pyrrole nitrogens is 1. The first kappa shape index (κ1) is 13.1. The van der Waals surface area contributed by atoms with Gasteiger partial charge in [0.05, 0.1) is 5.69 Å². The molecule has 0 aliphatic heterocycles. The SMILES string of the molecule is Cc1n[nH]c(C)c1CN.O=C(O)C(=O)O. The van der Waals surface area contributed by atoms with Gasteiger partial charge in [-0.1, -0.05) is 0 Å².